The van der Waals surface area contributed by atoms with Crippen LogP contribution in [0.4, 0.5) is 15.8 Å². The fourth-order valence-corrected chi connectivity index (χ4v) is 11.0. The number of carbonyl (C=O) groups excluding carboxylic acids is 3. The van der Waals surface area contributed by atoms with Crippen LogP contribution in [0.5, 0.6) is 0 Å². The van der Waals surface area contributed by atoms with Crippen LogP contribution in [0.1, 0.15) is 97.9 Å². The lowest BCUT2D eigenvalue weighted by Gasteiger charge is -2.39. The van der Waals surface area contributed by atoms with Gasteiger partial charge in [-0.3, -0.25) is 29.5 Å². The van der Waals surface area contributed by atoms with Crippen LogP contribution in [0.15, 0.2) is 79.0 Å². The van der Waals surface area contributed by atoms with Gasteiger partial charge in [-0.05, 0) is 142 Å². The summed E-state index contributed by atoms with van der Waals surface area (Å²) in [5, 5.41) is 6.54. The molecule has 4 fully saturated rings. The number of benzene rings is 3. The fourth-order valence-electron chi connectivity index (χ4n) is 11.0. The van der Waals surface area contributed by atoms with E-state index in [1.165, 1.54) is 17.3 Å². The summed E-state index contributed by atoms with van der Waals surface area (Å²) >= 11 is 0. The number of hydrogen-bond donors (Lipinski definition) is 3. The number of pyridine rings is 1. The molecule has 14 nitrogen and oxygen atoms in total. The lowest BCUT2D eigenvalue weighted by atomic mass is 9.88. The molecule has 10 rings (SSSR count). The van der Waals surface area contributed by atoms with Crippen LogP contribution in [-0.4, -0.2) is 124 Å². The van der Waals surface area contributed by atoms with Crippen molar-refractivity contribution in [1.82, 2.24) is 39.5 Å². The smallest absolute Gasteiger partial charge is 0.253 e. The lowest BCUT2D eigenvalue weighted by molar-refractivity contribution is -0.133. The Bertz CT molecular complexity index is 2800. The Labute approximate surface area is 397 Å². The van der Waals surface area contributed by atoms with Gasteiger partial charge in [-0.1, -0.05) is 18.2 Å². The first-order valence-electron chi connectivity index (χ1n) is 24.5. The monoisotopic (exact) mass is 923 g/mol. The molecule has 4 saturated heterocycles. The molecule has 3 N–H and O–H groups in total. The predicted octanol–water partition coefficient (Wildman–Crippen LogP) is 7.80. The average molecular weight is 923 g/mol. The van der Waals surface area contributed by atoms with Crippen LogP contribution in [0.25, 0.3) is 33.2 Å². The standard InChI is InChI=1S/C53H63FN10O4/c1-33(48-31-42-41(15-20-55-51(42)60(48)3)39-9-11-44-46(29-39)58-50(57-44)34(2)68-4)62-23-18-37(19-24-62)36-5-7-38(8-6-36)53(67)64-21-16-35(17-22-64)32-61-25-27-63(28-26-61)47-13-10-40(30-43(47)54)56-45-12-14-49(65)59-52(45)66/h5-11,13,15,20,29-31,33-35,37,45,56H,12,14,16-19,21-28,32H2,1-4H3,(H,57,58)(H,59,65,66)/t33-,34+,45?/m0/s1. The number of piperazine rings is 1. The molecule has 4 aliphatic heterocycles. The number of likely N-dealkylation sites (tertiary alicyclic amines) is 2. The van der Waals surface area contributed by atoms with Crippen LogP contribution in [0.3, 0.4) is 0 Å². The molecule has 6 aromatic rings. The van der Waals surface area contributed by atoms with Gasteiger partial charge in [0.15, 0.2) is 0 Å². The maximum Gasteiger partial charge on any atom is 0.253 e. The third-order valence-electron chi connectivity index (χ3n) is 15.3. The van der Waals surface area contributed by atoms with Crippen molar-refractivity contribution in [2.75, 3.05) is 76.2 Å². The number of aromatic nitrogens is 4. The summed E-state index contributed by atoms with van der Waals surface area (Å²) in [6.45, 7) is 12.0. The van der Waals surface area contributed by atoms with E-state index in [1.54, 1.807) is 19.2 Å². The summed E-state index contributed by atoms with van der Waals surface area (Å²) in [6, 6.07) is 23.9. The predicted molar refractivity (Wildman–Crippen MR) is 263 cm³/mol. The Kier molecular flexibility index (Phi) is 13.0. The van der Waals surface area contributed by atoms with Gasteiger partial charge in [0, 0.05) is 101 Å². The second-order valence-corrected chi connectivity index (χ2v) is 19.4. The van der Waals surface area contributed by atoms with E-state index in [0.717, 1.165) is 129 Å². The third-order valence-corrected chi connectivity index (χ3v) is 15.3. The van der Waals surface area contributed by atoms with E-state index >= 15 is 4.39 Å². The number of imide groups is 1. The van der Waals surface area contributed by atoms with E-state index in [9.17, 15) is 14.4 Å². The molecule has 4 aliphatic rings. The number of methoxy groups -OCH3 is 1. The molecule has 3 atom stereocenters. The highest BCUT2D eigenvalue weighted by molar-refractivity contribution is 6.01. The van der Waals surface area contributed by atoms with Crippen LogP contribution in [0, 0.1) is 11.7 Å². The number of aryl methyl sites for hydroxylation is 1. The molecular formula is C53H63FN10O4. The summed E-state index contributed by atoms with van der Waals surface area (Å²) in [5.74, 6) is 0.943. The Hall–Kier alpha value is -6.16. The summed E-state index contributed by atoms with van der Waals surface area (Å²) < 4.78 is 23.0. The van der Waals surface area contributed by atoms with E-state index in [0.29, 0.717) is 29.6 Å². The highest BCUT2D eigenvalue weighted by Gasteiger charge is 2.31. The van der Waals surface area contributed by atoms with Crippen LogP contribution < -0.4 is 15.5 Å². The van der Waals surface area contributed by atoms with Crippen LogP contribution in [0.2, 0.25) is 0 Å². The zero-order chi connectivity index (χ0) is 47.1. The second-order valence-electron chi connectivity index (χ2n) is 19.4. The van der Waals surface area contributed by atoms with Crippen molar-refractivity contribution in [3.63, 3.8) is 0 Å². The molecule has 356 valence electrons. The van der Waals surface area contributed by atoms with Crippen molar-refractivity contribution < 1.29 is 23.5 Å². The van der Waals surface area contributed by atoms with Gasteiger partial charge in [0.25, 0.3) is 5.91 Å². The minimum absolute atomic E-state index is 0.109. The number of halogens is 1. The van der Waals surface area contributed by atoms with Gasteiger partial charge >= 0.3 is 0 Å². The Morgan fingerprint density at radius 1 is 0.882 bits per heavy atom. The number of rotatable bonds is 12. The number of fused-ring (bicyclic) bond motifs is 2. The third kappa shape index (κ3) is 9.35. The van der Waals surface area contributed by atoms with Crippen LogP contribution >= 0.6 is 0 Å². The van der Waals surface area contributed by atoms with E-state index in [-0.39, 0.29) is 42.1 Å². The first kappa shape index (κ1) is 45.6. The molecule has 0 spiro atoms. The van der Waals surface area contributed by atoms with Crippen molar-refractivity contribution in [2.24, 2.45) is 13.0 Å². The van der Waals surface area contributed by atoms with Gasteiger partial charge in [-0.25, -0.2) is 14.4 Å². The molecule has 3 aromatic heterocycles. The van der Waals surface area contributed by atoms with Crippen molar-refractivity contribution in [3.05, 3.63) is 107 Å². The number of piperidine rings is 3. The quantitative estimate of drug-likeness (QED) is 0.104. The van der Waals surface area contributed by atoms with Crippen molar-refractivity contribution in [1.29, 1.82) is 0 Å². The molecular weight excluding hydrogens is 860 g/mol. The lowest BCUT2D eigenvalue weighted by Crippen LogP contribution is -2.49. The number of nitrogens with one attached hydrogen (secondary N) is 3. The maximum atomic E-state index is 15.3. The topological polar surface area (TPSA) is 144 Å². The van der Waals surface area contributed by atoms with Gasteiger partial charge in [0.05, 0.1) is 16.7 Å². The molecule has 0 aliphatic carbocycles. The zero-order valence-electron chi connectivity index (χ0n) is 39.6. The summed E-state index contributed by atoms with van der Waals surface area (Å²) in [4.78, 5) is 59.5. The average Bonchev–Trinajstić information content (AvgIpc) is 3.95. The first-order valence-corrected chi connectivity index (χ1v) is 24.5. The van der Waals surface area contributed by atoms with Gasteiger partial charge < -0.3 is 29.4 Å². The van der Waals surface area contributed by atoms with Gasteiger partial charge in [-0.2, -0.15) is 0 Å². The normalized spacial score (nSPS) is 20.3. The van der Waals surface area contributed by atoms with E-state index in [4.69, 9.17) is 14.7 Å². The Balaban J connectivity index is 0.679. The minimum atomic E-state index is -0.552. The van der Waals surface area contributed by atoms with Gasteiger partial charge in [0.1, 0.15) is 29.4 Å². The summed E-state index contributed by atoms with van der Waals surface area (Å²) in [6.07, 6.45) is 6.54. The number of amides is 3. The highest BCUT2D eigenvalue weighted by atomic mass is 19.1. The zero-order valence-corrected chi connectivity index (χ0v) is 39.6. The second kappa shape index (κ2) is 19.4. The molecule has 0 radical (unpaired) electrons. The molecule has 68 heavy (non-hydrogen) atoms. The number of imidazole rings is 1. The summed E-state index contributed by atoms with van der Waals surface area (Å²) in [5.41, 5.74) is 9.58. The molecule has 7 heterocycles. The maximum absolute atomic E-state index is 15.3. The van der Waals surface area contributed by atoms with Gasteiger partial charge in [-0.15, -0.1) is 0 Å². The molecule has 3 aromatic carbocycles. The van der Waals surface area contributed by atoms with Crippen molar-refractivity contribution in [3.8, 4) is 11.1 Å². The number of H-pyrrole nitrogens is 1. The molecule has 3 amide bonds. The molecule has 0 bridgehead atoms. The fraction of sp³-hybridized carbons (Fsp3) is 0.453. The van der Waals surface area contributed by atoms with E-state index < -0.39 is 6.04 Å². The minimum Gasteiger partial charge on any atom is -0.374 e. The molecule has 0 saturated carbocycles. The van der Waals surface area contributed by atoms with Crippen molar-refractivity contribution in [2.45, 2.75) is 76.5 Å². The Morgan fingerprint density at radius 2 is 1.65 bits per heavy atom. The first-order chi connectivity index (χ1) is 33.0. The SMILES string of the molecule is CO[C@H](C)c1nc2ccc(-c3ccnc4c3cc([C@H](C)N3CCC(c5ccc(C(=O)N6CCC(CN7CCN(c8ccc(NC9CCC(=O)NC9=O)cc8F)CC7)CC6)cc5)CC3)n4C)cc2[nH]1. The number of ether oxygens (including phenoxy) is 1. The number of carbonyl (C=O) groups is 3. The number of aromatic amines is 1. The molecule has 1 unspecified atom stereocenters. The molecule has 15 heteroatoms. The highest BCUT2D eigenvalue weighted by Crippen LogP contribution is 2.37. The largest absolute Gasteiger partial charge is 0.374 e. The number of nitrogens with zero attached hydrogens (tertiary/aromatic N) is 7. The van der Waals surface area contributed by atoms with Crippen molar-refractivity contribution >= 4 is 51.2 Å². The Morgan fingerprint density at radius 3 is 2.37 bits per heavy atom. The van der Waals surface area contributed by atoms with E-state index in [1.807, 2.05) is 30.2 Å². The number of hydrogen-bond acceptors (Lipinski definition) is 10. The summed E-state index contributed by atoms with van der Waals surface area (Å²) in [7, 11) is 3.82. The van der Waals surface area contributed by atoms with Gasteiger partial charge in [0.2, 0.25) is 11.8 Å². The number of anilines is 2. The van der Waals surface area contributed by atoms with E-state index in [2.05, 4.69) is 91.3 Å². The van der Waals surface area contributed by atoms with Crippen LogP contribution in [-0.2, 0) is 21.4 Å².